The molecule has 2 heteroatoms. The van der Waals surface area contributed by atoms with Crippen LogP contribution in [0, 0.1) is 0 Å². The number of cyclic esters (lactones) is 1. The van der Waals surface area contributed by atoms with Gasteiger partial charge in [-0.3, -0.25) is 0 Å². The smallest absolute Gasteiger partial charge is 0.339 e. The highest BCUT2D eigenvalue weighted by Gasteiger charge is 2.40. The zero-order chi connectivity index (χ0) is 14.7. The minimum Gasteiger partial charge on any atom is -0.446 e. The number of carbonyl (C=O) groups is 1. The van der Waals surface area contributed by atoms with Gasteiger partial charge < -0.3 is 4.74 Å². The Morgan fingerprint density at radius 2 is 1.62 bits per heavy atom. The van der Waals surface area contributed by atoms with Gasteiger partial charge in [0.2, 0.25) is 0 Å². The van der Waals surface area contributed by atoms with Crippen LogP contribution in [-0.2, 0) is 15.1 Å². The van der Waals surface area contributed by atoms with Crippen molar-refractivity contribution in [2.24, 2.45) is 0 Å². The maximum Gasteiger partial charge on any atom is 0.339 e. The predicted octanol–water partition coefficient (Wildman–Crippen LogP) is 4.10. The zero-order valence-corrected chi connectivity index (χ0v) is 11.7. The van der Waals surface area contributed by atoms with Gasteiger partial charge in [-0.15, -0.1) is 6.58 Å². The van der Waals surface area contributed by atoms with Crippen molar-refractivity contribution in [1.82, 2.24) is 0 Å². The van der Waals surface area contributed by atoms with E-state index >= 15 is 0 Å². The monoisotopic (exact) mass is 276 g/mol. The molecule has 104 valence electrons. The van der Waals surface area contributed by atoms with Gasteiger partial charge in [0.25, 0.3) is 0 Å². The van der Waals surface area contributed by atoms with Crippen molar-refractivity contribution in [3.05, 3.63) is 90.5 Å². The third kappa shape index (κ3) is 2.40. The summed E-state index contributed by atoms with van der Waals surface area (Å²) in [5.74, 6) is -0.285. The molecule has 0 spiro atoms. The summed E-state index contributed by atoms with van der Waals surface area (Å²) in [4.78, 5) is 12.3. The summed E-state index contributed by atoms with van der Waals surface area (Å²) in [6.07, 6.45) is 4.26. The first-order valence-electron chi connectivity index (χ1n) is 6.93. The molecule has 1 aliphatic heterocycles. The molecule has 0 bridgehead atoms. The Bertz CT molecular complexity index is 686. The summed E-state index contributed by atoms with van der Waals surface area (Å²) in [6.45, 7) is 3.80. The maximum absolute atomic E-state index is 12.3. The van der Waals surface area contributed by atoms with Crippen molar-refractivity contribution in [3.8, 4) is 0 Å². The molecule has 0 N–H and O–H groups in total. The van der Waals surface area contributed by atoms with E-state index in [-0.39, 0.29) is 5.97 Å². The molecule has 0 aromatic heterocycles. The molecule has 0 fully saturated rings. The Kier molecular flexibility index (Phi) is 3.44. The Balaban J connectivity index is 2.10. The average molecular weight is 276 g/mol. The molecule has 0 aliphatic carbocycles. The molecule has 21 heavy (non-hydrogen) atoms. The van der Waals surface area contributed by atoms with Crippen LogP contribution >= 0.6 is 0 Å². The van der Waals surface area contributed by atoms with Crippen LogP contribution in [0.2, 0.25) is 0 Å². The Morgan fingerprint density at radius 3 is 2.24 bits per heavy atom. The van der Waals surface area contributed by atoms with Crippen molar-refractivity contribution < 1.29 is 9.53 Å². The first-order chi connectivity index (χ1) is 10.2. The predicted molar refractivity (Wildman–Crippen MR) is 83.4 cm³/mol. The number of carbonyl (C=O) groups excluding carboxylic acids is 1. The molecule has 0 radical (unpaired) electrons. The van der Waals surface area contributed by atoms with Crippen LogP contribution < -0.4 is 0 Å². The van der Waals surface area contributed by atoms with Crippen LogP contribution in [-0.4, -0.2) is 5.97 Å². The third-order valence-corrected chi connectivity index (χ3v) is 3.67. The van der Waals surface area contributed by atoms with E-state index in [2.05, 4.69) is 6.58 Å². The summed E-state index contributed by atoms with van der Waals surface area (Å²) in [5.41, 5.74) is 1.71. The van der Waals surface area contributed by atoms with Crippen molar-refractivity contribution >= 4 is 11.5 Å². The normalized spacial score (nSPS) is 20.8. The molecule has 0 saturated carbocycles. The fourth-order valence-corrected chi connectivity index (χ4v) is 2.66. The highest BCUT2D eigenvalue weighted by molar-refractivity contribution is 6.18. The van der Waals surface area contributed by atoms with Crippen LogP contribution in [0.5, 0.6) is 0 Å². The fraction of sp³-hybridized carbons (Fsp3) is 0.105. The number of esters is 1. The van der Waals surface area contributed by atoms with Crippen molar-refractivity contribution in [1.29, 1.82) is 0 Å². The minimum absolute atomic E-state index is 0.285. The van der Waals surface area contributed by atoms with E-state index in [0.29, 0.717) is 12.0 Å². The lowest BCUT2D eigenvalue weighted by Gasteiger charge is -2.25. The molecule has 1 heterocycles. The highest BCUT2D eigenvalue weighted by atomic mass is 16.6. The lowest BCUT2D eigenvalue weighted by molar-refractivity contribution is -0.145. The second-order valence-electron chi connectivity index (χ2n) is 5.06. The van der Waals surface area contributed by atoms with Crippen molar-refractivity contribution in [3.63, 3.8) is 0 Å². The van der Waals surface area contributed by atoms with Gasteiger partial charge in [-0.2, -0.15) is 0 Å². The van der Waals surface area contributed by atoms with Gasteiger partial charge in [-0.05, 0) is 17.2 Å². The summed E-state index contributed by atoms with van der Waals surface area (Å²) in [6, 6.07) is 19.4. The largest absolute Gasteiger partial charge is 0.446 e. The summed E-state index contributed by atoms with van der Waals surface area (Å²) in [7, 11) is 0. The first kappa shape index (κ1) is 13.4. The first-order valence-corrected chi connectivity index (χ1v) is 6.93. The Hall–Kier alpha value is -2.61. The quantitative estimate of drug-likeness (QED) is 0.621. The van der Waals surface area contributed by atoms with E-state index in [1.165, 1.54) is 0 Å². The topological polar surface area (TPSA) is 26.3 Å². The van der Waals surface area contributed by atoms with Crippen LogP contribution in [0.3, 0.4) is 0 Å². The molecule has 2 aromatic carbocycles. The van der Waals surface area contributed by atoms with E-state index in [9.17, 15) is 4.79 Å². The molecule has 3 rings (SSSR count). The van der Waals surface area contributed by atoms with Crippen LogP contribution in [0.1, 0.15) is 17.5 Å². The Labute approximate surface area is 124 Å². The number of rotatable bonds is 4. The SMILES string of the molecule is C=CC[C@@]1(c2ccccc2)C=C(c2ccccc2)C(=O)O1. The van der Waals surface area contributed by atoms with E-state index in [0.717, 1.165) is 11.1 Å². The van der Waals surface area contributed by atoms with Crippen molar-refractivity contribution in [2.75, 3.05) is 0 Å². The van der Waals surface area contributed by atoms with Gasteiger partial charge in [-0.1, -0.05) is 66.7 Å². The van der Waals surface area contributed by atoms with E-state index in [1.54, 1.807) is 6.08 Å². The second-order valence-corrected chi connectivity index (χ2v) is 5.06. The highest BCUT2D eigenvalue weighted by Crippen LogP contribution is 2.41. The molecular formula is C19H16O2. The third-order valence-electron chi connectivity index (χ3n) is 3.67. The number of hydrogen-bond acceptors (Lipinski definition) is 2. The molecular weight excluding hydrogens is 260 g/mol. The molecule has 0 amide bonds. The number of ether oxygens (including phenoxy) is 1. The standard InChI is InChI=1S/C19H16O2/c1-2-13-19(16-11-7-4-8-12-16)14-17(18(20)21-19)15-9-5-3-6-10-15/h2-12,14H,1,13H2/t19-/m0/s1. The number of benzene rings is 2. The van der Waals surface area contributed by atoms with Crippen molar-refractivity contribution in [2.45, 2.75) is 12.0 Å². The van der Waals surface area contributed by atoms with E-state index < -0.39 is 5.60 Å². The van der Waals surface area contributed by atoms with E-state index in [1.807, 2.05) is 66.7 Å². The molecule has 1 atom stereocenters. The zero-order valence-electron chi connectivity index (χ0n) is 11.7. The molecule has 1 aliphatic rings. The van der Waals surface area contributed by atoms with Gasteiger partial charge in [0.1, 0.15) is 0 Å². The molecule has 0 unspecified atom stereocenters. The Morgan fingerprint density at radius 1 is 1.00 bits per heavy atom. The van der Waals surface area contributed by atoms with Crippen LogP contribution in [0.15, 0.2) is 79.4 Å². The molecule has 0 saturated heterocycles. The van der Waals surface area contributed by atoms with Gasteiger partial charge in [-0.25, -0.2) is 4.79 Å². The van der Waals surface area contributed by atoms with E-state index in [4.69, 9.17) is 4.74 Å². The second kappa shape index (κ2) is 5.41. The van der Waals surface area contributed by atoms with Crippen LogP contribution in [0.25, 0.3) is 5.57 Å². The average Bonchev–Trinajstić information content (AvgIpc) is 2.87. The van der Waals surface area contributed by atoms with Gasteiger partial charge in [0.15, 0.2) is 5.60 Å². The fourth-order valence-electron chi connectivity index (χ4n) is 2.66. The van der Waals surface area contributed by atoms with Gasteiger partial charge in [0.05, 0.1) is 5.57 Å². The summed E-state index contributed by atoms with van der Waals surface area (Å²) in [5, 5.41) is 0. The summed E-state index contributed by atoms with van der Waals surface area (Å²) < 4.78 is 5.74. The van der Waals surface area contributed by atoms with Gasteiger partial charge >= 0.3 is 5.97 Å². The minimum atomic E-state index is -0.745. The molecule has 2 nitrogen and oxygen atoms in total. The van der Waals surface area contributed by atoms with Gasteiger partial charge in [0, 0.05) is 6.42 Å². The number of hydrogen-bond donors (Lipinski definition) is 0. The van der Waals surface area contributed by atoms with Crippen LogP contribution in [0.4, 0.5) is 0 Å². The maximum atomic E-state index is 12.3. The lowest BCUT2D eigenvalue weighted by Crippen LogP contribution is -2.24. The molecule has 2 aromatic rings. The summed E-state index contributed by atoms with van der Waals surface area (Å²) >= 11 is 0. The lowest BCUT2D eigenvalue weighted by atomic mass is 9.89.